The van der Waals surface area contributed by atoms with E-state index in [-0.39, 0.29) is 17.7 Å². The van der Waals surface area contributed by atoms with Crippen molar-refractivity contribution in [1.29, 1.82) is 0 Å². The molecular weight excluding hydrogens is 244 g/mol. The Morgan fingerprint density at radius 3 is 2.58 bits per heavy atom. The second-order valence-electron chi connectivity index (χ2n) is 5.12. The number of likely N-dealkylation sites (N-methyl/N-ethyl adjacent to an activating group) is 1. The van der Waals surface area contributed by atoms with Gasteiger partial charge in [0.15, 0.2) is 0 Å². The van der Waals surface area contributed by atoms with Crippen molar-refractivity contribution in [2.24, 2.45) is 18.7 Å². The summed E-state index contributed by atoms with van der Waals surface area (Å²) in [6.07, 6.45) is 1.84. The van der Waals surface area contributed by atoms with Gasteiger partial charge < -0.3 is 20.1 Å². The van der Waals surface area contributed by atoms with Gasteiger partial charge in [0.05, 0.1) is 5.92 Å². The van der Waals surface area contributed by atoms with Gasteiger partial charge in [0.25, 0.3) is 5.91 Å². The first-order valence-electron chi connectivity index (χ1n) is 6.37. The van der Waals surface area contributed by atoms with E-state index in [1.807, 2.05) is 31.3 Å². The van der Waals surface area contributed by atoms with Crippen molar-refractivity contribution in [3.8, 4) is 0 Å². The van der Waals surface area contributed by atoms with Gasteiger partial charge in [-0.1, -0.05) is 0 Å². The lowest BCUT2D eigenvalue weighted by Gasteiger charge is -2.22. The molecule has 0 radical (unpaired) electrons. The highest BCUT2D eigenvalue weighted by Gasteiger charge is 2.28. The van der Waals surface area contributed by atoms with Gasteiger partial charge in [-0.2, -0.15) is 0 Å². The van der Waals surface area contributed by atoms with Crippen LogP contribution in [0, 0.1) is 5.92 Å². The zero-order chi connectivity index (χ0) is 14.0. The van der Waals surface area contributed by atoms with E-state index in [1.165, 1.54) is 0 Å². The van der Waals surface area contributed by atoms with Gasteiger partial charge in [0, 0.05) is 39.4 Å². The minimum absolute atomic E-state index is 0.0472. The van der Waals surface area contributed by atoms with E-state index in [2.05, 4.69) is 0 Å². The number of aromatic nitrogens is 1. The summed E-state index contributed by atoms with van der Waals surface area (Å²) in [6.45, 7) is 2.36. The SMILES string of the molecule is CN1CCN(C(=O)c2cccn2C)C[C@@H](C(N)=O)C1. The third kappa shape index (κ3) is 2.96. The van der Waals surface area contributed by atoms with Crippen LogP contribution in [-0.4, -0.2) is 59.4 Å². The number of hydrogen-bond acceptors (Lipinski definition) is 3. The molecule has 6 heteroatoms. The maximum atomic E-state index is 12.4. The molecule has 1 aromatic rings. The average Bonchev–Trinajstić information content (AvgIpc) is 2.67. The molecule has 0 unspecified atom stereocenters. The summed E-state index contributed by atoms with van der Waals surface area (Å²) in [5, 5.41) is 0. The fourth-order valence-corrected chi connectivity index (χ4v) is 2.38. The summed E-state index contributed by atoms with van der Waals surface area (Å²) in [6, 6.07) is 3.62. The maximum Gasteiger partial charge on any atom is 0.270 e. The number of hydrogen-bond donors (Lipinski definition) is 1. The molecule has 1 aromatic heterocycles. The second-order valence-corrected chi connectivity index (χ2v) is 5.12. The van der Waals surface area contributed by atoms with E-state index in [9.17, 15) is 9.59 Å². The van der Waals surface area contributed by atoms with Gasteiger partial charge in [-0.3, -0.25) is 9.59 Å². The van der Waals surface area contributed by atoms with Crippen molar-refractivity contribution in [2.45, 2.75) is 0 Å². The van der Waals surface area contributed by atoms with Gasteiger partial charge in [-0.05, 0) is 19.2 Å². The number of carbonyl (C=O) groups excluding carboxylic acids is 2. The molecule has 0 spiro atoms. The number of nitrogens with zero attached hydrogens (tertiary/aromatic N) is 3. The quantitative estimate of drug-likeness (QED) is 0.784. The lowest BCUT2D eigenvalue weighted by Crippen LogP contribution is -2.40. The largest absolute Gasteiger partial charge is 0.369 e. The second kappa shape index (κ2) is 5.44. The Labute approximate surface area is 112 Å². The molecule has 2 heterocycles. The lowest BCUT2D eigenvalue weighted by atomic mass is 10.1. The van der Waals surface area contributed by atoms with Crippen molar-refractivity contribution in [2.75, 3.05) is 33.2 Å². The minimum Gasteiger partial charge on any atom is -0.369 e. The van der Waals surface area contributed by atoms with Gasteiger partial charge in [-0.15, -0.1) is 0 Å². The molecule has 2 amide bonds. The zero-order valence-electron chi connectivity index (χ0n) is 11.4. The highest BCUT2D eigenvalue weighted by Crippen LogP contribution is 2.12. The van der Waals surface area contributed by atoms with Crippen molar-refractivity contribution < 1.29 is 9.59 Å². The Balaban J connectivity index is 2.17. The standard InChI is InChI=1S/C13H20N4O2/c1-15-6-7-17(9-10(8-15)12(14)18)13(19)11-4-3-5-16(11)2/h3-5,10H,6-9H2,1-2H3,(H2,14,18)/t10-/m0/s1. The predicted octanol–water partition coefficient (Wildman–Crippen LogP) is -0.486. The fraction of sp³-hybridized carbons (Fsp3) is 0.538. The molecule has 0 aliphatic carbocycles. The first-order chi connectivity index (χ1) is 8.99. The highest BCUT2D eigenvalue weighted by atomic mass is 16.2. The zero-order valence-corrected chi connectivity index (χ0v) is 11.4. The third-order valence-electron chi connectivity index (χ3n) is 3.58. The molecule has 2 rings (SSSR count). The van der Waals surface area contributed by atoms with Gasteiger partial charge in [-0.25, -0.2) is 0 Å². The van der Waals surface area contributed by atoms with Crippen LogP contribution in [0.15, 0.2) is 18.3 Å². The van der Waals surface area contributed by atoms with Gasteiger partial charge >= 0.3 is 0 Å². The molecule has 1 aliphatic rings. The van der Waals surface area contributed by atoms with Crippen LogP contribution < -0.4 is 5.73 Å². The molecule has 2 N–H and O–H groups in total. The third-order valence-corrected chi connectivity index (χ3v) is 3.58. The monoisotopic (exact) mass is 264 g/mol. The van der Waals surface area contributed by atoms with Crippen LogP contribution in [0.5, 0.6) is 0 Å². The van der Waals surface area contributed by atoms with E-state index in [4.69, 9.17) is 5.73 Å². The highest BCUT2D eigenvalue weighted by molar-refractivity contribution is 5.93. The van der Waals surface area contributed by atoms with Crippen molar-refractivity contribution in [3.05, 3.63) is 24.0 Å². The van der Waals surface area contributed by atoms with Crippen LogP contribution in [0.25, 0.3) is 0 Å². The molecule has 1 saturated heterocycles. The van der Waals surface area contributed by atoms with Gasteiger partial charge in [0.2, 0.25) is 5.91 Å². The van der Waals surface area contributed by atoms with Crippen molar-refractivity contribution in [3.63, 3.8) is 0 Å². The topological polar surface area (TPSA) is 71.6 Å². The molecule has 19 heavy (non-hydrogen) atoms. The lowest BCUT2D eigenvalue weighted by molar-refractivity contribution is -0.122. The molecular formula is C13H20N4O2. The predicted molar refractivity (Wildman–Crippen MR) is 71.5 cm³/mol. The smallest absolute Gasteiger partial charge is 0.270 e. The first kappa shape index (κ1) is 13.6. The summed E-state index contributed by atoms with van der Waals surface area (Å²) in [7, 11) is 3.77. The summed E-state index contributed by atoms with van der Waals surface area (Å²) in [4.78, 5) is 27.6. The van der Waals surface area contributed by atoms with Crippen LogP contribution >= 0.6 is 0 Å². The Kier molecular flexibility index (Phi) is 3.90. The molecule has 0 bridgehead atoms. The van der Waals surface area contributed by atoms with Crippen LogP contribution in [0.2, 0.25) is 0 Å². The van der Waals surface area contributed by atoms with Crippen molar-refractivity contribution in [1.82, 2.24) is 14.4 Å². The fourth-order valence-electron chi connectivity index (χ4n) is 2.38. The number of amides is 2. The Morgan fingerprint density at radius 2 is 2.00 bits per heavy atom. The van der Waals surface area contributed by atoms with Crippen LogP contribution in [0.1, 0.15) is 10.5 Å². The van der Waals surface area contributed by atoms with E-state index in [0.717, 1.165) is 6.54 Å². The summed E-state index contributed by atoms with van der Waals surface area (Å²) in [5.74, 6) is -0.704. The maximum absolute atomic E-state index is 12.4. The summed E-state index contributed by atoms with van der Waals surface area (Å²) in [5.41, 5.74) is 6.03. The molecule has 0 aromatic carbocycles. The van der Waals surface area contributed by atoms with E-state index in [0.29, 0.717) is 25.3 Å². The number of nitrogens with two attached hydrogens (primary N) is 1. The molecule has 1 aliphatic heterocycles. The Hall–Kier alpha value is -1.82. The minimum atomic E-state index is -0.349. The van der Waals surface area contributed by atoms with Crippen LogP contribution in [0.4, 0.5) is 0 Å². The first-order valence-corrected chi connectivity index (χ1v) is 6.37. The number of carbonyl (C=O) groups is 2. The Morgan fingerprint density at radius 1 is 1.26 bits per heavy atom. The normalized spacial score (nSPS) is 21.2. The molecule has 1 atom stereocenters. The van der Waals surface area contributed by atoms with Gasteiger partial charge in [0.1, 0.15) is 5.69 Å². The number of primary amides is 1. The number of aryl methyl sites for hydroxylation is 1. The Bertz CT molecular complexity index is 483. The molecule has 0 saturated carbocycles. The van der Waals surface area contributed by atoms with Crippen LogP contribution in [0.3, 0.4) is 0 Å². The van der Waals surface area contributed by atoms with Crippen molar-refractivity contribution >= 4 is 11.8 Å². The average molecular weight is 264 g/mol. The summed E-state index contributed by atoms with van der Waals surface area (Å²) < 4.78 is 1.79. The van der Waals surface area contributed by atoms with E-state index >= 15 is 0 Å². The molecule has 6 nitrogen and oxygen atoms in total. The van der Waals surface area contributed by atoms with Crippen LogP contribution in [-0.2, 0) is 11.8 Å². The summed E-state index contributed by atoms with van der Waals surface area (Å²) >= 11 is 0. The number of rotatable bonds is 2. The molecule has 104 valence electrons. The van der Waals surface area contributed by atoms with E-state index in [1.54, 1.807) is 15.5 Å². The van der Waals surface area contributed by atoms with E-state index < -0.39 is 0 Å². The molecule has 1 fully saturated rings.